The Labute approximate surface area is 151 Å². The van der Waals surface area contributed by atoms with E-state index in [4.69, 9.17) is 9.47 Å². The van der Waals surface area contributed by atoms with Gasteiger partial charge in [-0.3, -0.25) is 9.59 Å². The maximum absolute atomic E-state index is 12.8. The standard InChI is InChI=1S/C18H22N2O6/c1-18(2,3)26-17(24)13(21)14-16(23)20(6-7-25-14)11-4-5-12-10(8-11)9-19-15(12)22/h4-5,8,13-14,21H,6-7,9H2,1-3H3,(H,19,22)/t13-,14-/m1/s1. The minimum absolute atomic E-state index is 0.141. The highest BCUT2D eigenvalue weighted by molar-refractivity contribution is 6.02. The summed E-state index contributed by atoms with van der Waals surface area (Å²) < 4.78 is 10.5. The molecule has 0 unspecified atom stereocenters. The number of morpholine rings is 1. The summed E-state index contributed by atoms with van der Waals surface area (Å²) in [6.07, 6.45) is -3.03. The Morgan fingerprint density at radius 1 is 1.38 bits per heavy atom. The molecule has 1 aromatic rings. The quantitative estimate of drug-likeness (QED) is 0.753. The van der Waals surface area contributed by atoms with Crippen molar-refractivity contribution in [3.8, 4) is 0 Å². The van der Waals surface area contributed by atoms with Gasteiger partial charge in [-0.1, -0.05) is 0 Å². The number of carbonyl (C=O) groups excluding carboxylic acids is 3. The van der Waals surface area contributed by atoms with Gasteiger partial charge in [-0.2, -0.15) is 0 Å². The van der Waals surface area contributed by atoms with Gasteiger partial charge in [0, 0.05) is 24.3 Å². The molecule has 0 radical (unpaired) electrons. The molecule has 8 heteroatoms. The van der Waals surface area contributed by atoms with Gasteiger partial charge in [-0.15, -0.1) is 0 Å². The van der Waals surface area contributed by atoms with Gasteiger partial charge in [0.05, 0.1) is 6.61 Å². The van der Waals surface area contributed by atoms with Crippen molar-refractivity contribution in [3.63, 3.8) is 0 Å². The minimum atomic E-state index is -1.71. The molecule has 8 nitrogen and oxygen atoms in total. The molecule has 3 rings (SSSR count). The van der Waals surface area contributed by atoms with Gasteiger partial charge in [0.1, 0.15) is 5.60 Å². The predicted octanol–water partition coefficient (Wildman–Crippen LogP) is 0.364. The Bertz CT molecular complexity index is 755. The molecule has 2 atom stereocenters. The summed E-state index contributed by atoms with van der Waals surface area (Å²) in [5.41, 5.74) is 1.19. The molecule has 1 saturated heterocycles. The number of ether oxygens (including phenoxy) is 2. The summed E-state index contributed by atoms with van der Waals surface area (Å²) >= 11 is 0. The van der Waals surface area contributed by atoms with E-state index in [1.54, 1.807) is 39.0 Å². The van der Waals surface area contributed by atoms with Gasteiger partial charge in [0.25, 0.3) is 11.8 Å². The zero-order chi connectivity index (χ0) is 19.1. The first-order valence-corrected chi connectivity index (χ1v) is 8.42. The van der Waals surface area contributed by atoms with Crippen LogP contribution < -0.4 is 10.2 Å². The first kappa shape index (κ1) is 18.3. The lowest BCUT2D eigenvalue weighted by molar-refractivity contribution is -0.177. The summed E-state index contributed by atoms with van der Waals surface area (Å²) in [4.78, 5) is 37.9. The molecule has 26 heavy (non-hydrogen) atoms. The monoisotopic (exact) mass is 362 g/mol. The van der Waals surface area contributed by atoms with Gasteiger partial charge < -0.3 is 24.8 Å². The van der Waals surface area contributed by atoms with E-state index in [1.165, 1.54) is 4.90 Å². The van der Waals surface area contributed by atoms with Gasteiger partial charge in [-0.25, -0.2) is 4.79 Å². The number of anilines is 1. The largest absolute Gasteiger partial charge is 0.458 e. The molecule has 2 aliphatic heterocycles. The van der Waals surface area contributed by atoms with E-state index in [2.05, 4.69) is 5.32 Å². The Hall–Kier alpha value is -2.45. The van der Waals surface area contributed by atoms with Crippen LogP contribution in [0.5, 0.6) is 0 Å². The highest BCUT2D eigenvalue weighted by atomic mass is 16.6. The highest BCUT2D eigenvalue weighted by Crippen LogP contribution is 2.26. The smallest absolute Gasteiger partial charge is 0.338 e. The first-order valence-electron chi connectivity index (χ1n) is 8.42. The molecule has 0 spiro atoms. The lowest BCUT2D eigenvalue weighted by Gasteiger charge is -2.34. The Morgan fingerprint density at radius 3 is 2.81 bits per heavy atom. The molecular formula is C18H22N2O6. The van der Waals surface area contributed by atoms with E-state index in [-0.39, 0.29) is 19.1 Å². The van der Waals surface area contributed by atoms with Crippen LogP contribution in [-0.2, 0) is 25.6 Å². The number of esters is 1. The molecule has 2 amide bonds. The minimum Gasteiger partial charge on any atom is -0.458 e. The average Bonchev–Trinajstić information content (AvgIpc) is 2.93. The zero-order valence-electron chi connectivity index (χ0n) is 14.9. The fourth-order valence-corrected chi connectivity index (χ4v) is 2.96. The number of carbonyl (C=O) groups is 3. The Balaban J connectivity index is 1.78. The summed E-state index contributed by atoms with van der Waals surface area (Å²) in [5.74, 6) is -1.56. The van der Waals surface area contributed by atoms with E-state index < -0.39 is 29.7 Å². The molecule has 1 fully saturated rings. The zero-order valence-corrected chi connectivity index (χ0v) is 14.9. The lowest BCUT2D eigenvalue weighted by atomic mass is 10.1. The molecule has 0 aliphatic carbocycles. The van der Waals surface area contributed by atoms with E-state index in [1.807, 2.05) is 0 Å². The second-order valence-corrected chi connectivity index (χ2v) is 7.28. The maximum atomic E-state index is 12.8. The van der Waals surface area contributed by atoms with E-state index in [9.17, 15) is 19.5 Å². The predicted molar refractivity (Wildman–Crippen MR) is 91.6 cm³/mol. The Kier molecular flexibility index (Phi) is 4.72. The lowest BCUT2D eigenvalue weighted by Crippen LogP contribution is -2.55. The number of rotatable bonds is 3. The number of amides is 2. The van der Waals surface area contributed by atoms with E-state index in [0.29, 0.717) is 17.8 Å². The van der Waals surface area contributed by atoms with Crippen molar-refractivity contribution < 1.29 is 29.0 Å². The first-order chi connectivity index (χ1) is 12.2. The van der Waals surface area contributed by atoms with Crippen molar-refractivity contribution in [1.82, 2.24) is 5.32 Å². The third kappa shape index (κ3) is 3.56. The van der Waals surface area contributed by atoms with Gasteiger partial charge in [0.15, 0.2) is 12.2 Å². The van der Waals surface area contributed by atoms with Gasteiger partial charge in [0.2, 0.25) is 0 Å². The second kappa shape index (κ2) is 6.69. The van der Waals surface area contributed by atoms with Crippen LogP contribution in [0, 0.1) is 0 Å². The molecule has 0 saturated carbocycles. The van der Waals surface area contributed by atoms with E-state index >= 15 is 0 Å². The van der Waals surface area contributed by atoms with Crippen LogP contribution in [0.25, 0.3) is 0 Å². The van der Waals surface area contributed by atoms with Crippen molar-refractivity contribution in [3.05, 3.63) is 29.3 Å². The third-order valence-electron chi connectivity index (χ3n) is 4.14. The molecule has 2 heterocycles. The average molecular weight is 362 g/mol. The van der Waals surface area contributed by atoms with Crippen LogP contribution in [0.15, 0.2) is 18.2 Å². The fourth-order valence-electron chi connectivity index (χ4n) is 2.96. The van der Waals surface area contributed by atoms with Crippen molar-refractivity contribution in [2.75, 3.05) is 18.1 Å². The number of benzene rings is 1. The van der Waals surface area contributed by atoms with Gasteiger partial charge in [-0.05, 0) is 44.5 Å². The van der Waals surface area contributed by atoms with Crippen LogP contribution in [0.4, 0.5) is 5.69 Å². The number of aliphatic hydroxyl groups excluding tert-OH is 1. The van der Waals surface area contributed by atoms with Crippen molar-refractivity contribution in [1.29, 1.82) is 0 Å². The topological polar surface area (TPSA) is 105 Å². The number of aliphatic hydroxyl groups is 1. The molecular weight excluding hydrogens is 340 g/mol. The maximum Gasteiger partial charge on any atom is 0.338 e. The summed E-state index contributed by atoms with van der Waals surface area (Å²) in [5, 5.41) is 13.0. The van der Waals surface area contributed by atoms with Crippen molar-refractivity contribution >= 4 is 23.5 Å². The summed E-state index contributed by atoms with van der Waals surface area (Å²) in [7, 11) is 0. The van der Waals surface area contributed by atoms with Crippen LogP contribution in [-0.4, -0.2) is 53.9 Å². The van der Waals surface area contributed by atoms with Crippen LogP contribution >= 0.6 is 0 Å². The number of fused-ring (bicyclic) bond motifs is 1. The van der Waals surface area contributed by atoms with Gasteiger partial charge >= 0.3 is 5.97 Å². The molecule has 2 aliphatic rings. The molecule has 140 valence electrons. The molecule has 0 bridgehead atoms. The summed E-state index contributed by atoms with van der Waals surface area (Å²) in [6, 6.07) is 5.09. The normalized spacial score (nSPS) is 21.2. The number of hydrogen-bond donors (Lipinski definition) is 2. The Morgan fingerprint density at radius 2 is 2.12 bits per heavy atom. The van der Waals surface area contributed by atoms with Crippen LogP contribution in [0.1, 0.15) is 36.7 Å². The molecule has 2 N–H and O–H groups in total. The molecule has 1 aromatic carbocycles. The second-order valence-electron chi connectivity index (χ2n) is 7.28. The SMILES string of the molecule is CC(C)(C)OC(=O)[C@H](O)[C@H]1OCCN(c2ccc3c(c2)CNC3=O)C1=O. The highest BCUT2D eigenvalue weighted by Gasteiger charge is 2.41. The number of hydrogen-bond acceptors (Lipinski definition) is 6. The summed E-state index contributed by atoms with van der Waals surface area (Å²) in [6.45, 7) is 5.89. The van der Waals surface area contributed by atoms with Crippen LogP contribution in [0.3, 0.4) is 0 Å². The third-order valence-corrected chi connectivity index (χ3v) is 4.14. The number of nitrogens with zero attached hydrogens (tertiary/aromatic N) is 1. The fraction of sp³-hybridized carbons (Fsp3) is 0.500. The number of nitrogens with one attached hydrogen (secondary N) is 1. The van der Waals surface area contributed by atoms with Crippen LogP contribution in [0.2, 0.25) is 0 Å². The molecule has 0 aromatic heterocycles. The van der Waals surface area contributed by atoms with Crippen molar-refractivity contribution in [2.45, 2.75) is 45.1 Å². The van der Waals surface area contributed by atoms with Crippen molar-refractivity contribution in [2.24, 2.45) is 0 Å². The van der Waals surface area contributed by atoms with E-state index in [0.717, 1.165) is 5.56 Å².